The fourth-order valence-electron chi connectivity index (χ4n) is 6.92. The molecule has 1 heterocycles. The van der Waals surface area contributed by atoms with Crippen molar-refractivity contribution in [3.05, 3.63) is 18.0 Å². The second-order valence-electron chi connectivity index (χ2n) is 9.80. The average molecular weight is 329 g/mol. The van der Waals surface area contributed by atoms with Crippen molar-refractivity contribution in [1.29, 1.82) is 0 Å². The van der Waals surface area contributed by atoms with Gasteiger partial charge in [-0.1, -0.05) is 13.8 Å². The van der Waals surface area contributed by atoms with E-state index in [0.29, 0.717) is 16.7 Å². The zero-order valence-electron chi connectivity index (χ0n) is 15.4. The molecule has 4 aliphatic carbocycles. The molecule has 1 amide bonds. The highest BCUT2D eigenvalue weighted by Gasteiger charge is 2.62. The maximum Gasteiger partial charge on any atom is 0.226 e. The molecule has 4 nitrogen and oxygen atoms in total. The third-order valence-corrected chi connectivity index (χ3v) is 6.72. The predicted octanol–water partition coefficient (Wildman–Crippen LogP) is 3.69. The van der Waals surface area contributed by atoms with Gasteiger partial charge < -0.3 is 5.32 Å². The van der Waals surface area contributed by atoms with Gasteiger partial charge in [0.25, 0.3) is 0 Å². The monoisotopic (exact) mass is 329 g/mol. The molecule has 0 spiro atoms. The van der Waals surface area contributed by atoms with E-state index in [9.17, 15) is 4.79 Å². The second kappa shape index (κ2) is 5.34. The zero-order valence-corrected chi connectivity index (χ0v) is 15.4. The van der Waals surface area contributed by atoms with Crippen LogP contribution < -0.4 is 5.32 Å². The van der Waals surface area contributed by atoms with Crippen molar-refractivity contribution in [3.8, 4) is 0 Å². The quantitative estimate of drug-likeness (QED) is 0.837. The molecule has 4 fully saturated rings. The van der Waals surface area contributed by atoms with E-state index in [0.717, 1.165) is 44.7 Å². The van der Waals surface area contributed by atoms with Crippen LogP contribution in [0.15, 0.2) is 12.4 Å². The van der Waals surface area contributed by atoms with E-state index in [4.69, 9.17) is 0 Å². The third-order valence-electron chi connectivity index (χ3n) is 6.72. The van der Waals surface area contributed by atoms with Crippen molar-refractivity contribution >= 4 is 5.91 Å². The number of amides is 1. The Labute approximate surface area is 145 Å². The molecule has 1 N–H and O–H groups in total. The molecule has 4 aliphatic rings. The van der Waals surface area contributed by atoms with Gasteiger partial charge in [-0.15, -0.1) is 0 Å². The number of hydrogen-bond acceptors (Lipinski definition) is 2. The molecule has 5 rings (SSSR count). The molecule has 4 heteroatoms. The van der Waals surface area contributed by atoms with E-state index in [2.05, 4.69) is 37.4 Å². The minimum Gasteiger partial charge on any atom is -0.356 e. The summed E-state index contributed by atoms with van der Waals surface area (Å²) in [6.07, 6.45) is 12.2. The van der Waals surface area contributed by atoms with Crippen LogP contribution in [0.1, 0.15) is 64.4 Å². The summed E-state index contributed by atoms with van der Waals surface area (Å²) in [6.45, 7) is 8.55. The first-order valence-corrected chi connectivity index (χ1v) is 9.57. The van der Waals surface area contributed by atoms with Gasteiger partial charge >= 0.3 is 0 Å². The van der Waals surface area contributed by atoms with E-state index in [1.807, 2.05) is 10.9 Å². The Hall–Kier alpha value is -1.32. The minimum atomic E-state index is -0.0782. The van der Waals surface area contributed by atoms with Gasteiger partial charge in [-0.2, -0.15) is 5.10 Å². The molecule has 1 aromatic heterocycles. The maximum atomic E-state index is 13.1. The SMILES string of the molecule is Cc1cnn(CCCNC(=O)C23CC4C[C@@](C)(C2)C[C@](C)(C4)C3)c1. The number of nitrogens with zero attached hydrogens (tertiary/aromatic N) is 2. The van der Waals surface area contributed by atoms with Gasteiger partial charge in [0.2, 0.25) is 5.91 Å². The van der Waals surface area contributed by atoms with Crippen molar-refractivity contribution in [2.45, 2.75) is 72.3 Å². The van der Waals surface area contributed by atoms with Crippen LogP contribution >= 0.6 is 0 Å². The van der Waals surface area contributed by atoms with E-state index in [-0.39, 0.29) is 5.41 Å². The topological polar surface area (TPSA) is 46.9 Å². The number of aromatic nitrogens is 2. The summed E-state index contributed by atoms with van der Waals surface area (Å²) in [5, 5.41) is 7.58. The summed E-state index contributed by atoms with van der Waals surface area (Å²) in [6, 6.07) is 0. The standard InChI is InChI=1S/C20H31N3O/c1-15-10-22-23(11-15)6-4-5-21-17(24)20-9-16-7-18(2,13-20)12-19(3,8-16)14-20/h10-11,16H,4-9,12-14H2,1-3H3,(H,21,24)/t16?,18-,19+,20?. The smallest absolute Gasteiger partial charge is 0.226 e. The van der Waals surface area contributed by atoms with Gasteiger partial charge in [-0.05, 0) is 74.2 Å². The Bertz CT molecular complexity index is 631. The van der Waals surface area contributed by atoms with Crippen molar-refractivity contribution in [3.63, 3.8) is 0 Å². The van der Waals surface area contributed by atoms with E-state index < -0.39 is 0 Å². The largest absolute Gasteiger partial charge is 0.356 e. The first-order chi connectivity index (χ1) is 11.3. The fourth-order valence-corrected chi connectivity index (χ4v) is 6.92. The summed E-state index contributed by atoms with van der Waals surface area (Å²) in [5.41, 5.74) is 1.91. The molecule has 1 aromatic rings. The normalized spacial score (nSPS) is 40.0. The molecular weight excluding hydrogens is 298 g/mol. The van der Waals surface area contributed by atoms with Gasteiger partial charge in [-0.25, -0.2) is 0 Å². The molecule has 4 atom stereocenters. The number of carbonyl (C=O) groups excluding carboxylic acids is 1. The van der Waals surface area contributed by atoms with Crippen molar-refractivity contribution < 1.29 is 4.79 Å². The number of nitrogens with one attached hydrogen (secondary N) is 1. The molecule has 132 valence electrons. The molecule has 0 radical (unpaired) electrons. The summed E-state index contributed by atoms with van der Waals surface area (Å²) < 4.78 is 1.97. The maximum absolute atomic E-state index is 13.1. The van der Waals surface area contributed by atoms with E-state index >= 15 is 0 Å². The minimum absolute atomic E-state index is 0.0782. The average Bonchev–Trinajstić information content (AvgIpc) is 2.85. The van der Waals surface area contributed by atoms with Gasteiger partial charge in [0, 0.05) is 19.3 Å². The van der Waals surface area contributed by atoms with Crippen molar-refractivity contribution in [2.75, 3.05) is 6.54 Å². The highest BCUT2D eigenvalue weighted by Crippen LogP contribution is 2.69. The van der Waals surface area contributed by atoms with Gasteiger partial charge in [0.05, 0.1) is 11.6 Å². The number of hydrogen-bond donors (Lipinski definition) is 1. The van der Waals surface area contributed by atoms with Crippen LogP contribution in [0.4, 0.5) is 0 Å². The van der Waals surface area contributed by atoms with Crippen LogP contribution in [-0.4, -0.2) is 22.2 Å². The van der Waals surface area contributed by atoms with E-state index in [1.54, 1.807) is 0 Å². The Balaban J connectivity index is 1.36. The molecule has 2 unspecified atom stereocenters. The number of rotatable bonds is 5. The van der Waals surface area contributed by atoms with Crippen LogP contribution in [0.5, 0.6) is 0 Å². The lowest BCUT2D eigenvalue weighted by atomic mass is 9.40. The van der Waals surface area contributed by atoms with Crippen molar-refractivity contribution in [1.82, 2.24) is 15.1 Å². The lowest BCUT2D eigenvalue weighted by Gasteiger charge is -2.64. The predicted molar refractivity (Wildman–Crippen MR) is 94.4 cm³/mol. The summed E-state index contributed by atoms with van der Waals surface area (Å²) in [5.74, 6) is 1.11. The van der Waals surface area contributed by atoms with Gasteiger partial charge in [0.1, 0.15) is 0 Å². The van der Waals surface area contributed by atoms with Gasteiger partial charge in [0.15, 0.2) is 0 Å². The molecular formula is C20H31N3O. The molecule has 0 aliphatic heterocycles. The Kier molecular flexibility index (Phi) is 3.59. The molecule has 4 bridgehead atoms. The summed E-state index contributed by atoms with van der Waals surface area (Å²) >= 11 is 0. The lowest BCUT2D eigenvalue weighted by Crippen LogP contribution is -2.59. The van der Waals surface area contributed by atoms with Gasteiger partial charge in [-0.3, -0.25) is 9.48 Å². The van der Waals surface area contributed by atoms with Crippen molar-refractivity contribution in [2.24, 2.45) is 22.2 Å². The highest BCUT2D eigenvalue weighted by atomic mass is 16.2. The summed E-state index contributed by atoms with van der Waals surface area (Å²) in [7, 11) is 0. The first kappa shape index (κ1) is 16.2. The molecule has 0 saturated heterocycles. The second-order valence-corrected chi connectivity index (χ2v) is 9.80. The summed E-state index contributed by atoms with van der Waals surface area (Å²) in [4.78, 5) is 13.1. The molecule has 24 heavy (non-hydrogen) atoms. The first-order valence-electron chi connectivity index (χ1n) is 9.57. The fraction of sp³-hybridized carbons (Fsp3) is 0.800. The highest BCUT2D eigenvalue weighted by molar-refractivity contribution is 5.83. The Morgan fingerprint density at radius 1 is 1.25 bits per heavy atom. The van der Waals surface area contributed by atoms with E-state index in [1.165, 1.54) is 24.8 Å². The number of carbonyl (C=O) groups is 1. The number of aryl methyl sites for hydroxylation is 2. The lowest BCUT2D eigenvalue weighted by molar-refractivity contribution is -0.170. The van der Waals surface area contributed by atoms with Crippen LogP contribution in [0, 0.1) is 29.1 Å². The zero-order chi connectivity index (χ0) is 17.0. The third kappa shape index (κ3) is 2.78. The van der Waals surface area contributed by atoms with Crippen LogP contribution in [0.25, 0.3) is 0 Å². The Morgan fingerprint density at radius 3 is 2.54 bits per heavy atom. The Morgan fingerprint density at radius 2 is 1.96 bits per heavy atom. The van der Waals surface area contributed by atoms with Crippen LogP contribution in [-0.2, 0) is 11.3 Å². The van der Waals surface area contributed by atoms with Crippen LogP contribution in [0.2, 0.25) is 0 Å². The van der Waals surface area contributed by atoms with Crippen LogP contribution in [0.3, 0.4) is 0 Å². The molecule has 4 saturated carbocycles. The molecule has 0 aromatic carbocycles.